The molecule has 1 heterocycles. The van der Waals surface area contributed by atoms with Gasteiger partial charge in [0.25, 0.3) is 5.69 Å². The summed E-state index contributed by atoms with van der Waals surface area (Å²) in [5.74, 6) is 0.426. The first-order valence-corrected chi connectivity index (χ1v) is 6.22. The minimum Gasteiger partial charge on any atom is -0.307 e. The lowest BCUT2D eigenvalue weighted by Crippen LogP contribution is -2.20. The van der Waals surface area contributed by atoms with Crippen molar-refractivity contribution in [1.29, 1.82) is 0 Å². The van der Waals surface area contributed by atoms with Crippen LogP contribution in [0.15, 0.2) is 36.4 Å². The van der Waals surface area contributed by atoms with E-state index in [0.717, 1.165) is 11.3 Å². The van der Waals surface area contributed by atoms with E-state index in [1.807, 2.05) is 19.9 Å². The van der Waals surface area contributed by atoms with Crippen molar-refractivity contribution in [3.8, 4) is 0 Å². The second-order valence-electron chi connectivity index (χ2n) is 4.56. The van der Waals surface area contributed by atoms with Gasteiger partial charge >= 0.3 is 6.03 Å². The van der Waals surface area contributed by atoms with E-state index in [0.29, 0.717) is 11.5 Å². The predicted octanol–water partition coefficient (Wildman–Crippen LogP) is 3.25. The lowest BCUT2D eigenvalue weighted by Gasteiger charge is -2.08. The molecule has 0 radical (unpaired) electrons. The molecule has 2 N–H and O–H groups in total. The number of aryl methyl sites for hydroxylation is 2. The number of nitrogens with one attached hydrogen (secondary N) is 2. The maximum absolute atomic E-state index is 11.9. The van der Waals surface area contributed by atoms with Crippen molar-refractivity contribution in [2.75, 3.05) is 10.6 Å². The van der Waals surface area contributed by atoms with Crippen LogP contribution >= 0.6 is 0 Å². The van der Waals surface area contributed by atoms with Crippen molar-refractivity contribution >= 4 is 23.2 Å². The van der Waals surface area contributed by atoms with E-state index in [-0.39, 0.29) is 5.69 Å². The molecular weight excluding hydrogens is 272 g/mol. The fourth-order valence-electron chi connectivity index (χ4n) is 1.88. The zero-order valence-corrected chi connectivity index (χ0v) is 11.6. The summed E-state index contributed by atoms with van der Waals surface area (Å²) in [5, 5.41) is 15.8. The third-order valence-electron chi connectivity index (χ3n) is 2.65. The van der Waals surface area contributed by atoms with E-state index in [1.165, 1.54) is 18.2 Å². The Morgan fingerprint density at radius 3 is 2.62 bits per heavy atom. The number of hydrogen-bond acceptors (Lipinski definition) is 4. The number of benzene rings is 1. The summed E-state index contributed by atoms with van der Waals surface area (Å²) in [6.07, 6.45) is 0. The van der Waals surface area contributed by atoms with Crippen LogP contribution in [0.2, 0.25) is 0 Å². The van der Waals surface area contributed by atoms with Crippen molar-refractivity contribution in [2.24, 2.45) is 0 Å². The molecule has 2 amide bonds. The van der Waals surface area contributed by atoms with E-state index in [4.69, 9.17) is 0 Å². The van der Waals surface area contributed by atoms with Crippen molar-refractivity contribution in [1.82, 2.24) is 4.98 Å². The van der Waals surface area contributed by atoms with Gasteiger partial charge in [-0.3, -0.25) is 15.4 Å². The number of carbonyl (C=O) groups excluding carboxylic acids is 1. The number of pyridine rings is 1. The van der Waals surface area contributed by atoms with Gasteiger partial charge in [0, 0.05) is 23.5 Å². The second kappa shape index (κ2) is 6.00. The van der Waals surface area contributed by atoms with Crippen LogP contribution in [0.3, 0.4) is 0 Å². The summed E-state index contributed by atoms with van der Waals surface area (Å²) < 4.78 is 0. The van der Waals surface area contributed by atoms with Gasteiger partial charge < -0.3 is 5.32 Å². The van der Waals surface area contributed by atoms with Crippen molar-refractivity contribution in [2.45, 2.75) is 13.8 Å². The molecule has 7 nitrogen and oxygen atoms in total. The highest BCUT2D eigenvalue weighted by Crippen LogP contribution is 2.17. The molecule has 0 unspecified atom stereocenters. The summed E-state index contributed by atoms with van der Waals surface area (Å²) in [4.78, 5) is 26.2. The fourth-order valence-corrected chi connectivity index (χ4v) is 1.88. The Morgan fingerprint density at radius 1 is 1.19 bits per heavy atom. The van der Waals surface area contributed by atoms with Gasteiger partial charge in [-0.25, -0.2) is 9.78 Å². The van der Waals surface area contributed by atoms with E-state index in [1.54, 1.807) is 12.1 Å². The number of non-ortho nitro benzene ring substituents is 1. The van der Waals surface area contributed by atoms with Crippen molar-refractivity contribution in [3.05, 3.63) is 57.8 Å². The molecule has 2 aromatic rings. The highest BCUT2D eigenvalue weighted by molar-refractivity contribution is 5.99. The summed E-state index contributed by atoms with van der Waals surface area (Å²) in [6.45, 7) is 3.73. The van der Waals surface area contributed by atoms with Crippen molar-refractivity contribution in [3.63, 3.8) is 0 Å². The van der Waals surface area contributed by atoms with E-state index < -0.39 is 11.0 Å². The number of amides is 2. The van der Waals surface area contributed by atoms with E-state index >= 15 is 0 Å². The molecule has 7 heteroatoms. The highest BCUT2D eigenvalue weighted by atomic mass is 16.6. The molecule has 0 atom stereocenters. The molecule has 1 aromatic carbocycles. The molecule has 0 saturated carbocycles. The Morgan fingerprint density at radius 2 is 1.95 bits per heavy atom. The average molecular weight is 286 g/mol. The van der Waals surface area contributed by atoms with Crippen LogP contribution in [0, 0.1) is 24.0 Å². The number of urea groups is 1. The Hall–Kier alpha value is -2.96. The summed E-state index contributed by atoms with van der Waals surface area (Å²) in [6, 6.07) is 8.84. The Balaban J connectivity index is 2.08. The van der Waals surface area contributed by atoms with Gasteiger partial charge in [0.1, 0.15) is 5.82 Å². The predicted molar refractivity (Wildman–Crippen MR) is 79.4 cm³/mol. The zero-order valence-electron chi connectivity index (χ0n) is 11.6. The average Bonchev–Trinajstić information content (AvgIpc) is 2.37. The molecule has 108 valence electrons. The third kappa shape index (κ3) is 4.00. The number of hydrogen-bond donors (Lipinski definition) is 2. The number of carbonyl (C=O) groups is 1. The van der Waals surface area contributed by atoms with Crippen LogP contribution in [0.5, 0.6) is 0 Å². The van der Waals surface area contributed by atoms with Gasteiger partial charge in [-0.1, -0.05) is 6.07 Å². The standard InChI is InChI=1S/C14H14N4O3/c1-9-6-10(2)15-13(7-9)17-14(19)16-11-4-3-5-12(8-11)18(20)21/h3-8H,1-2H3,(H2,15,16,17,19). The van der Waals surface area contributed by atoms with Gasteiger partial charge in [-0.15, -0.1) is 0 Å². The SMILES string of the molecule is Cc1cc(C)nc(NC(=O)Nc2cccc([N+](=O)[O-])c2)c1. The minimum absolute atomic E-state index is 0.0858. The fraction of sp³-hybridized carbons (Fsp3) is 0.143. The quantitative estimate of drug-likeness (QED) is 0.668. The molecule has 0 aliphatic carbocycles. The molecule has 0 saturated heterocycles. The number of nitrogens with zero attached hydrogens (tertiary/aromatic N) is 2. The van der Waals surface area contributed by atoms with E-state index in [2.05, 4.69) is 15.6 Å². The van der Waals surface area contributed by atoms with Gasteiger partial charge in [0.15, 0.2) is 0 Å². The molecule has 0 aliphatic rings. The van der Waals surface area contributed by atoms with Crippen LogP contribution in [0.4, 0.5) is 22.0 Å². The van der Waals surface area contributed by atoms with Gasteiger partial charge in [-0.05, 0) is 37.6 Å². The Bertz CT molecular complexity index is 680. The Kier molecular flexibility index (Phi) is 4.13. The molecule has 0 fully saturated rings. The second-order valence-corrected chi connectivity index (χ2v) is 4.56. The smallest absolute Gasteiger partial charge is 0.307 e. The first-order chi connectivity index (χ1) is 9.94. The number of rotatable bonds is 3. The van der Waals surface area contributed by atoms with Crippen LogP contribution in [-0.4, -0.2) is 15.9 Å². The van der Waals surface area contributed by atoms with E-state index in [9.17, 15) is 14.9 Å². The van der Waals surface area contributed by atoms with Crippen molar-refractivity contribution < 1.29 is 9.72 Å². The highest BCUT2D eigenvalue weighted by Gasteiger charge is 2.09. The minimum atomic E-state index is -0.519. The molecule has 0 bridgehead atoms. The maximum Gasteiger partial charge on any atom is 0.324 e. The first kappa shape index (κ1) is 14.4. The topological polar surface area (TPSA) is 97.2 Å². The summed E-state index contributed by atoms with van der Waals surface area (Å²) >= 11 is 0. The molecule has 0 spiro atoms. The number of aromatic nitrogens is 1. The van der Waals surface area contributed by atoms with Gasteiger partial charge in [0.05, 0.1) is 4.92 Å². The number of anilines is 2. The zero-order chi connectivity index (χ0) is 15.4. The molecule has 1 aromatic heterocycles. The maximum atomic E-state index is 11.9. The molecule has 0 aliphatic heterocycles. The van der Waals surface area contributed by atoms with Crippen LogP contribution in [0.1, 0.15) is 11.3 Å². The lowest BCUT2D eigenvalue weighted by molar-refractivity contribution is -0.384. The summed E-state index contributed by atoms with van der Waals surface area (Å²) in [5.41, 5.74) is 2.03. The molecular formula is C14H14N4O3. The first-order valence-electron chi connectivity index (χ1n) is 6.22. The Labute approximate surface area is 121 Å². The number of nitro groups is 1. The number of nitro benzene ring substituents is 1. The third-order valence-corrected chi connectivity index (χ3v) is 2.65. The van der Waals surface area contributed by atoms with Crippen LogP contribution in [0.25, 0.3) is 0 Å². The van der Waals surface area contributed by atoms with Gasteiger partial charge in [0.2, 0.25) is 0 Å². The van der Waals surface area contributed by atoms with Crippen LogP contribution < -0.4 is 10.6 Å². The van der Waals surface area contributed by atoms with Gasteiger partial charge in [-0.2, -0.15) is 0 Å². The lowest BCUT2D eigenvalue weighted by atomic mass is 10.2. The van der Waals surface area contributed by atoms with Crippen LogP contribution in [-0.2, 0) is 0 Å². The monoisotopic (exact) mass is 286 g/mol. The molecule has 21 heavy (non-hydrogen) atoms. The normalized spacial score (nSPS) is 10.0. The molecule has 2 rings (SSSR count). The largest absolute Gasteiger partial charge is 0.324 e. The summed E-state index contributed by atoms with van der Waals surface area (Å²) in [7, 11) is 0.